The molecule has 0 aromatic carbocycles. The summed E-state index contributed by atoms with van der Waals surface area (Å²) in [6.45, 7) is 6.65. The standard InChI is InChI=1S/C18H26N4O3/c1-13(2)18-20-17(25-21-18)8-7-16(23)19-12-14(15-6-5-11-24-15)22-9-3-4-10-22/h5-6,11,13-14H,3-4,7-10,12H2,1-2H3,(H,19,23)/t14-/m0/s1. The summed E-state index contributed by atoms with van der Waals surface area (Å²) in [6.07, 6.45) is 4.87. The molecule has 1 atom stereocenters. The van der Waals surface area contributed by atoms with Gasteiger partial charge in [0, 0.05) is 25.3 Å². The van der Waals surface area contributed by atoms with Crippen LogP contribution in [-0.2, 0) is 11.2 Å². The number of nitrogens with one attached hydrogen (secondary N) is 1. The summed E-state index contributed by atoms with van der Waals surface area (Å²) in [4.78, 5) is 18.9. The molecule has 7 nitrogen and oxygen atoms in total. The average molecular weight is 346 g/mol. The van der Waals surface area contributed by atoms with Crippen molar-refractivity contribution < 1.29 is 13.7 Å². The van der Waals surface area contributed by atoms with Crippen molar-refractivity contribution in [1.82, 2.24) is 20.4 Å². The Bertz CT molecular complexity index is 660. The number of furan rings is 1. The number of aromatic nitrogens is 2. The van der Waals surface area contributed by atoms with E-state index < -0.39 is 0 Å². The van der Waals surface area contributed by atoms with Crippen LogP contribution in [0, 0.1) is 0 Å². The van der Waals surface area contributed by atoms with Crippen molar-refractivity contribution in [2.24, 2.45) is 0 Å². The Morgan fingerprint density at radius 3 is 2.80 bits per heavy atom. The van der Waals surface area contributed by atoms with Crippen molar-refractivity contribution in [3.05, 3.63) is 35.9 Å². The number of likely N-dealkylation sites (tertiary alicyclic amines) is 1. The third kappa shape index (κ3) is 4.69. The van der Waals surface area contributed by atoms with Crippen LogP contribution < -0.4 is 5.32 Å². The number of amides is 1. The zero-order chi connectivity index (χ0) is 17.6. The maximum atomic E-state index is 12.2. The van der Waals surface area contributed by atoms with E-state index in [2.05, 4.69) is 20.4 Å². The molecule has 7 heteroatoms. The van der Waals surface area contributed by atoms with Gasteiger partial charge in [-0.1, -0.05) is 19.0 Å². The lowest BCUT2D eigenvalue weighted by molar-refractivity contribution is -0.121. The summed E-state index contributed by atoms with van der Waals surface area (Å²) in [5, 5.41) is 6.93. The van der Waals surface area contributed by atoms with Crippen molar-refractivity contribution >= 4 is 5.91 Å². The molecular weight excluding hydrogens is 320 g/mol. The fourth-order valence-corrected chi connectivity index (χ4v) is 3.07. The number of hydrogen-bond donors (Lipinski definition) is 1. The lowest BCUT2D eigenvalue weighted by atomic mass is 10.2. The van der Waals surface area contributed by atoms with Crippen molar-refractivity contribution in [2.45, 2.75) is 51.5 Å². The first-order valence-electron chi connectivity index (χ1n) is 9.00. The van der Waals surface area contributed by atoms with Crippen LogP contribution in [0.2, 0.25) is 0 Å². The van der Waals surface area contributed by atoms with Crippen LogP contribution in [-0.4, -0.2) is 40.6 Å². The van der Waals surface area contributed by atoms with Crippen LogP contribution in [0.4, 0.5) is 0 Å². The molecule has 136 valence electrons. The number of carbonyl (C=O) groups excluding carboxylic acids is 1. The third-order valence-electron chi connectivity index (χ3n) is 4.51. The second-order valence-electron chi connectivity index (χ2n) is 6.78. The monoisotopic (exact) mass is 346 g/mol. The van der Waals surface area contributed by atoms with Crippen LogP contribution in [0.15, 0.2) is 27.3 Å². The summed E-state index contributed by atoms with van der Waals surface area (Å²) >= 11 is 0. The highest BCUT2D eigenvalue weighted by Crippen LogP contribution is 2.24. The van der Waals surface area contributed by atoms with E-state index in [9.17, 15) is 4.79 Å². The van der Waals surface area contributed by atoms with E-state index in [0.29, 0.717) is 31.1 Å². The van der Waals surface area contributed by atoms with Gasteiger partial charge < -0.3 is 14.3 Å². The average Bonchev–Trinajstić information content (AvgIpc) is 3.34. The number of hydrogen-bond acceptors (Lipinski definition) is 6. The molecule has 2 aromatic rings. The van der Waals surface area contributed by atoms with Crippen molar-refractivity contribution in [3.8, 4) is 0 Å². The minimum absolute atomic E-state index is 0.0138. The Morgan fingerprint density at radius 1 is 1.36 bits per heavy atom. The maximum Gasteiger partial charge on any atom is 0.227 e. The summed E-state index contributed by atoms with van der Waals surface area (Å²) < 4.78 is 10.7. The van der Waals surface area contributed by atoms with Gasteiger partial charge in [0.25, 0.3) is 0 Å². The number of nitrogens with zero attached hydrogens (tertiary/aromatic N) is 3. The Balaban J connectivity index is 1.49. The van der Waals surface area contributed by atoms with Gasteiger partial charge in [0.1, 0.15) is 5.76 Å². The number of aryl methyl sites for hydroxylation is 1. The van der Waals surface area contributed by atoms with Crippen molar-refractivity contribution in [3.63, 3.8) is 0 Å². The Kier molecular flexibility index (Phi) is 5.86. The Hall–Kier alpha value is -2.15. The van der Waals surface area contributed by atoms with Crippen molar-refractivity contribution in [2.75, 3.05) is 19.6 Å². The minimum Gasteiger partial charge on any atom is -0.468 e. The van der Waals surface area contributed by atoms with Gasteiger partial charge in [0.05, 0.1) is 12.3 Å². The quantitative estimate of drug-likeness (QED) is 0.791. The molecule has 3 rings (SSSR count). The first kappa shape index (κ1) is 17.7. The number of rotatable bonds is 8. The summed E-state index contributed by atoms with van der Waals surface area (Å²) in [5.41, 5.74) is 0. The molecule has 0 radical (unpaired) electrons. The van der Waals surface area contributed by atoms with Crippen LogP contribution in [0.1, 0.15) is 62.5 Å². The zero-order valence-corrected chi connectivity index (χ0v) is 14.9. The first-order chi connectivity index (χ1) is 12.1. The lowest BCUT2D eigenvalue weighted by Gasteiger charge is -2.25. The summed E-state index contributed by atoms with van der Waals surface area (Å²) in [6, 6.07) is 3.96. The second-order valence-corrected chi connectivity index (χ2v) is 6.78. The van der Waals surface area contributed by atoms with Gasteiger partial charge in [-0.15, -0.1) is 0 Å². The largest absolute Gasteiger partial charge is 0.468 e. The van der Waals surface area contributed by atoms with E-state index >= 15 is 0 Å². The van der Waals surface area contributed by atoms with Crippen LogP contribution >= 0.6 is 0 Å². The minimum atomic E-state index is -0.0138. The highest BCUT2D eigenvalue weighted by atomic mass is 16.5. The van der Waals surface area contributed by atoms with Gasteiger partial charge in [-0.2, -0.15) is 4.98 Å². The van der Waals surface area contributed by atoms with Crippen LogP contribution in [0.3, 0.4) is 0 Å². The molecule has 0 bridgehead atoms. The van der Waals surface area contributed by atoms with Gasteiger partial charge >= 0.3 is 0 Å². The molecule has 1 N–H and O–H groups in total. The second kappa shape index (κ2) is 8.29. The fourth-order valence-electron chi connectivity index (χ4n) is 3.07. The molecule has 1 aliphatic heterocycles. The molecule has 0 saturated carbocycles. The predicted octanol–water partition coefficient (Wildman–Crippen LogP) is 2.67. The molecule has 25 heavy (non-hydrogen) atoms. The molecule has 1 aliphatic rings. The molecule has 1 saturated heterocycles. The van der Waals surface area contributed by atoms with Gasteiger partial charge in [-0.3, -0.25) is 9.69 Å². The van der Waals surface area contributed by atoms with Crippen LogP contribution in [0.25, 0.3) is 0 Å². The highest BCUT2D eigenvalue weighted by Gasteiger charge is 2.25. The maximum absolute atomic E-state index is 12.2. The third-order valence-corrected chi connectivity index (χ3v) is 4.51. The number of carbonyl (C=O) groups is 1. The van der Waals surface area contributed by atoms with E-state index in [1.807, 2.05) is 26.0 Å². The summed E-state index contributed by atoms with van der Waals surface area (Å²) in [5.74, 6) is 2.31. The SMILES string of the molecule is CC(C)c1noc(CCC(=O)NC[C@@H](c2ccco2)N2CCCC2)n1. The van der Waals surface area contributed by atoms with E-state index in [-0.39, 0.29) is 17.9 Å². The van der Waals surface area contributed by atoms with Gasteiger partial charge in [-0.25, -0.2) is 0 Å². The van der Waals surface area contributed by atoms with E-state index in [1.54, 1.807) is 6.26 Å². The lowest BCUT2D eigenvalue weighted by Crippen LogP contribution is -2.36. The predicted molar refractivity (Wildman–Crippen MR) is 92.0 cm³/mol. The van der Waals surface area contributed by atoms with E-state index in [1.165, 1.54) is 12.8 Å². The summed E-state index contributed by atoms with van der Waals surface area (Å²) in [7, 11) is 0. The smallest absolute Gasteiger partial charge is 0.227 e. The first-order valence-corrected chi connectivity index (χ1v) is 9.00. The highest BCUT2D eigenvalue weighted by molar-refractivity contribution is 5.76. The molecule has 0 unspecified atom stereocenters. The fraction of sp³-hybridized carbons (Fsp3) is 0.611. The van der Waals surface area contributed by atoms with Gasteiger partial charge in [0.2, 0.25) is 11.8 Å². The molecule has 1 amide bonds. The van der Waals surface area contributed by atoms with Gasteiger partial charge in [0.15, 0.2) is 5.82 Å². The molecule has 0 aliphatic carbocycles. The van der Waals surface area contributed by atoms with E-state index in [4.69, 9.17) is 8.94 Å². The van der Waals surface area contributed by atoms with Crippen molar-refractivity contribution in [1.29, 1.82) is 0 Å². The normalized spacial score (nSPS) is 16.4. The molecular formula is C18H26N4O3. The molecule has 1 fully saturated rings. The Labute approximate surface area is 147 Å². The molecule has 2 aromatic heterocycles. The topological polar surface area (TPSA) is 84.4 Å². The Morgan fingerprint density at radius 2 is 2.16 bits per heavy atom. The zero-order valence-electron chi connectivity index (χ0n) is 14.9. The van der Waals surface area contributed by atoms with Gasteiger partial charge in [-0.05, 0) is 38.1 Å². The van der Waals surface area contributed by atoms with Crippen LogP contribution in [0.5, 0.6) is 0 Å². The molecule has 3 heterocycles. The molecule has 0 spiro atoms. The van der Waals surface area contributed by atoms with E-state index in [0.717, 1.165) is 18.8 Å².